The molecule has 1 atom stereocenters. The number of thiophene rings is 1. The number of hydrogen-bond donors (Lipinski definition) is 2. The molecule has 1 unspecified atom stereocenters. The first-order valence-corrected chi connectivity index (χ1v) is 7.54. The van der Waals surface area contributed by atoms with Crippen molar-refractivity contribution in [3.63, 3.8) is 0 Å². The van der Waals surface area contributed by atoms with Gasteiger partial charge in [0.2, 0.25) is 0 Å². The first-order chi connectivity index (χ1) is 8.60. The van der Waals surface area contributed by atoms with Gasteiger partial charge < -0.3 is 10.4 Å². The van der Waals surface area contributed by atoms with Crippen LogP contribution in [0.5, 0.6) is 0 Å². The molecular weight excluding hydrogens is 357 g/mol. The van der Waals surface area contributed by atoms with Crippen molar-refractivity contribution in [2.24, 2.45) is 0 Å². The van der Waals surface area contributed by atoms with E-state index in [1.807, 2.05) is 18.2 Å². The Kier molecular flexibility index (Phi) is 4.92. The summed E-state index contributed by atoms with van der Waals surface area (Å²) in [6.07, 6.45) is 0. The van der Waals surface area contributed by atoms with E-state index in [2.05, 4.69) is 21.2 Å². The average molecular weight is 367 g/mol. The van der Waals surface area contributed by atoms with Crippen LogP contribution in [0.25, 0.3) is 0 Å². The van der Waals surface area contributed by atoms with Gasteiger partial charge in [-0.1, -0.05) is 23.2 Å². The first-order valence-electron chi connectivity index (χ1n) is 5.18. The molecule has 96 valence electrons. The number of benzene rings is 1. The monoisotopic (exact) mass is 365 g/mol. The molecule has 0 spiro atoms. The highest BCUT2D eigenvalue weighted by Gasteiger charge is 2.15. The maximum Gasteiger partial charge on any atom is 0.107 e. The van der Waals surface area contributed by atoms with Crippen molar-refractivity contribution in [3.05, 3.63) is 49.0 Å². The number of aliphatic hydroxyl groups is 1. The van der Waals surface area contributed by atoms with Crippen molar-refractivity contribution in [2.45, 2.75) is 6.04 Å². The maximum absolute atomic E-state index is 9.46. The lowest BCUT2D eigenvalue weighted by Crippen LogP contribution is -2.13. The quantitative estimate of drug-likeness (QED) is 0.801. The zero-order chi connectivity index (χ0) is 13.1. The Bertz CT molecular complexity index is 510. The molecule has 0 aliphatic heterocycles. The lowest BCUT2D eigenvalue weighted by atomic mass is 10.2. The van der Waals surface area contributed by atoms with Gasteiger partial charge in [0.05, 0.1) is 12.6 Å². The van der Waals surface area contributed by atoms with Gasteiger partial charge in [0.1, 0.15) is 4.34 Å². The first kappa shape index (κ1) is 14.2. The summed E-state index contributed by atoms with van der Waals surface area (Å²) in [7, 11) is 0. The third-order valence-electron chi connectivity index (χ3n) is 2.38. The normalized spacial score (nSPS) is 12.4. The van der Waals surface area contributed by atoms with Crippen molar-refractivity contribution in [1.29, 1.82) is 0 Å². The minimum atomic E-state index is -0.181. The Morgan fingerprint density at radius 2 is 1.94 bits per heavy atom. The van der Waals surface area contributed by atoms with E-state index in [0.717, 1.165) is 15.0 Å². The van der Waals surface area contributed by atoms with Crippen LogP contribution in [0.3, 0.4) is 0 Å². The number of rotatable bonds is 4. The third kappa shape index (κ3) is 3.39. The predicted octanol–water partition coefficient (Wildman–Crippen LogP) is 4.96. The van der Waals surface area contributed by atoms with Gasteiger partial charge in [0.25, 0.3) is 0 Å². The lowest BCUT2D eigenvalue weighted by molar-refractivity contribution is 0.278. The zero-order valence-corrected chi connectivity index (χ0v) is 13.1. The van der Waals surface area contributed by atoms with Crippen LogP contribution in [0, 0.1) is 0 Å². The van der Waals surface area contributed by atoms with Crippen molar-refractivity contribution < 1.29 is 5.11 Å². The molecule has 1 aromatic heterocycles. The van der Waals surface area contributed by atoms with Gasteiger partial charge in [-0.05, 0) is 46.3 Å². The lowest BCUT2D eigenvalue weighted by Gasteiger charge is -2.16. The number of aliphatic hydroxyl groups excluding tert-OH is 1. The Labute approximate surface area is 128 Å². The van der Waals surface area contributed by atoms with E-state index < -0.39 is 0 Å². The van der Waals surface area contributed by atoms with Gasteiger partial charge in [-0.15, -0.1) is 11.3 Å². The van der Waals surface area contributed by atoms with Crippen molar-refractivity contribution in [3.8, 4) is 0 Å². The zero-order valence-electron chi connectivity index (χ0n) is 9.16. The van der Waals surface area contributed by atoms with E-state index in [1.54, 1.807) is 12.1 Å². The molecule has 0 radical (unpaired) electrons. The van der Waals surface area contributed by atoms with Gasteiger partial charge >= 0.3 is 0 Å². The largest absolute Gasteiger partial charge is 0.394 e. The van der Waals surface area contributed by atoms with Crippen molar-refractivity contribution in [1.82, 2.24) is 0 Å². The summed E-state index contributed by atoms with van der Waals surface area (Å²) < 4.78 is 1.53. The van der Waals surface area contributed by atoms with E-state index in [4.69, 9.17) is 23.2 Å². The summed E-state index contributed by atoms with van der Waals surface area (Å²) >= 11 is 16.6. The van der Waals surface area contributed by atoms with E-state index in [0.29, 0.717) is 9.36 Å². The average Bonchev–Trinajstić information content (AvgIpc) is 2.69. The molecule has 18 heavy (non-hydrogen) atoms. The van der Waals surface area contributed by atoms with Gasteiger partial charge in [-0.2, -0.15) is 0 Å². The summed E-state index contributed by atoms with van der Waals surface area (Å²) in [4.78, 5) is 0.976. The third-order valence-corrected chi connectivity index (χ3v) is 5.22. The number of hydrogen-bond acceptors (Lipinski definition) is 3. The van der Waals surface area contributed by atoms with Crippen LogP contribution >= 0.6 is 50.5 Å². The number of anilines is 1. The smallest absolute Gasteiger partial charge is 0.107 e. The molecule has 2 N–H and O–H groups in total. The van der Waals surface area contributed by atoms with Crippen LogP contribution in [0.15, 0.2) is 34.8 Å². The Balaban J connectivity index is 2.16. The number of nitrogens with one attached hydrogen (secondary N) is 1. The molecule has 2 aromatic rings. The highest BCUT2D eigenvalue weighted by molar-refractivity contribution is 9.10. The fraction of sp³-hybridized carbons (Fsp3) is 0.167. The molecule has 0 bridgehead atoms. The molecule has 0 aliphatic rings. The van der Waals surface area contributed by atoms with Crippen molar-refractivity contribution in [2.75, 3.05) is 11.9 Å². The highest BCUT2D eigenvalue weighted by atomic mass is 79.9. The molecule has 0 fully saturated rings. The maximum atomic E-state index is 9.46. The minimum absolute atomic E-state index is 0.00803. The topological polar surface area (TPSA) is 32.3 Å². The molecule has 6 heteroatoms. The van der Waals surface area contributed by atoms with E-state index >= 15 is 0 Å². The molecule has 0 saturated heterocycles. The van der Waals surface area contributed by atoms with Crippen LogP contribution in [0.4, 0.5) is 5.69 Å². The fourth-order valence-electron chi connectivity index (χ4n) is 1.49. The summed E-state index contributed by atoms with van der Waals surface area (Å²) in [6.45, 7) is -0.00803. The number of halogens is 3. The van der Waals surface area contributed by atoms with Crippen LogP contribution < -0.4 is 5.32 Å². The highest BCUT2D eigenvalue weighted by Crippen LogP contribution is 2.36. The van der Waals surface area contributed by atoms with Crippen LogP contribution in [0.1, 0.15) is 10.9 Å². The van der Waals surface area contributed by atoms with Crippen LogP contribution in [0.2, 0.25) is 9.36 Å². The second kappa shape index (κ2) is 6.26. The van der Waals surface area contributed by atoms with Gasteiger partial charge in [0.15, 0.2) is 0 Å². The Hall–Kier alpha value is -0.260. The van der Waals surface area contributed by atoms with Crippen LogP contribution in [-0.2, 0) is 0 Å². The molecular formula is C12H10BrCl2NOS. The molecule has 1 aromatic carbocycles. The van der Waals surface area contributed by atoms with E-state index in [1.165, 1.54) is 11.3 Å². The van der Waals surface area contributed by atoms with Crippen LogP contribution in [-0.4, -0.2) is 11.7 Å². The summed E-state index contributed by atoms with van der Waals surface area (Å²) in [5.41, 5.74) is 0.902. The van der Waals surface area contributed by atoms with Gasteiger partial charge in [-0.3, -0.25) is 0 Å². The van der Waals surface area contributed by atoms with E-state index in [-0.39, 0.29) is 12.6 Å². The van der Waals surface area contributed by atoms with Gasteiger partial charge in [0, 0.05) is 20.1 Å². The molecule has 0 amide bonds. The SMILES string of the molecule is OCC(Nc1ccc(Cl)cc1)c1cc(Br)c(Cl)s1. The van der Waals surface area contributed by atoms with E-state index in [9.17, 15) is 5.11 Å². The Morgan fingerprint density at radius 3 is 2.44 bits per heavy atom. The second-order valence-corrected chi connectivity index (χ2v) is 6.63. The summed E-state index contributed by atoms with van der Waals surface area (Å²) in [5.74, 6) is 0. The molecule has 2 nitrogen and oxygen atoms in total. The second-order valence-electron chi connectivity index (χ2n) is 3.66. The molecule has 0 saturated carbocycles. The molecule has 0 aliphatic carbocycles. The van der Waals surface area contributed by atoms with Crippen molar-refractivity contribution >= 4 is 56.2 Å². The fourth-order valence-corrected chi connectivity index (χ4v) is 3.39. The molecule has 2 rings (SSSR count). The molecule has 1 heterocycles. The summed E-state index contributed by atoms with van der Waals surface area (Å²) in [6, 6.07) is 9.08. The van der Waals surface area contributed by atoms with Gasteiger partial charge in [-0.25, -0.2) is 0 Å². The minimum Gasteiger partial charge on any atom is -0.394 e. The predicted molar refractivity (Wildman–Crippen MR) is 81.9 cm³/mol. The Morgan fingerprint density at radius 1 is 1.28 bits per heavy atom. The summed E-state index contributed by atoms with van der Waals surface area (Å²) in [5, 5.41) is 13.4. The standard InChI is InChI=1S/C12H10BrCl2NOS/c13-9-5-11(18-12(9)15)10(6-17)16-8-3-1-7(14)2-4-8/h1-5,10,16-17H,6H2.